The minimum Gasteiger partial charge on any atom is -0.493 e. The van der Waals surface area contributed by atoms with Gasteiger partial charge in [0.05, 0.1) is 20.3 Å². The number of ether oxygens (including phenoxy) is 3. The van der Waals surface area contributed by atoms with Gasteiger partial charge >= 0.3 is 0 Å². The van der Waals surface area contributed by atoms with Crippen molar-refractivity contribution in [3.63, 3.8) is 0 Å². The summed E-state index contributed by atoms with van der Waals surface area (Å²) in [5.41, 5.74) is 1.28. The van der Waals surface area contributed by atoms with Gasteiger partial charge in [-0.25, -0.2) is 0 Å². The zero-order valence-corrected chi connectivity index (χ0v) is 14.3. The van der Waals surface area contributed by atoms with Gasteiger partial charge in [-0.15, -0.1) is 6.58 Å². The van der Waals surface area contributed by atoms with Crippen LogP contribution in [0.25, 0.3) is 0 Å². The van der Waals surface area contributed by atoms with Crippen LogP contribution in [-0.4, -0.2) is 39.0 Å². The van der Waals surface area contributed by atoms with Crippen LogP contribution in [0.15, 0.2) is 30.9 Å². The van der Waals surface area contributed by atoms with Crippen molar-refractivity contribution in [2.45, 2.75) is 32.7 Å². The molecule has 4 heteroatoms. The molecule has 0 spiro atoms. The van der Waals surface area contributed by atoms with Gasteiger partial charge in [-0.3, -0.25) is 0 Å². The largest absolute Gasteiger partial charge is 0.493 e. The second kappa shape index (κ2) is 9.49. The molecule has 1 aromatic carbocycles. The van der Waals surface area contributed by atoms with E-state index in [2.05, 4.69) is 32.7 Å². The highest BCUT2D eigenvalue weighted by molar-refractivity contribution is 5.43. The highest BCUT2D eigenvalue weighted by atomic mass is 16.5. The van der Waals surface area contributed by atoms with E-state index in [-0.39, 0.29) is 5.54 Å². The van der Waals surface area contributed by atoms with Gasteiger partial charge in [-0.05, 0) is 44.9 Å². The minimum atomic E-state index is 0.125. The Balaban J connectivity index is 2.28. The fourth-order valence-corrected chi connectivity index (χ4v) is 1.94. The monoisotopic (exact) mass is 307 g/mol. The van der Waals surface area contributed by atoms with Crippen LogP contribution in [0, 0.1) is 0 Å². The number of nitrogens with one attached hydrogen (secondary N) is 1. The molecule has 0 aromatic heterocycles. The van der Waals surface area contributed by atoms with Crippen molar-refractivity contribution in [2.24, 2.45) is 0 Å². The van der Waals surface area contributed by atoms with Crippen molar-refractivity contribution >= 4 is 0 Å². The Hall–Kier alpha value is -1.52. The smallest absolute Gasteiger partial charge is 0.161 e. The molecule has 22 heavy (non-hydrogen) atoms. The van der Waals surface area contributed by atoms with Gasteiger partial charge in [0, 0.05) is 12.1 Å². The molecule has 1 N–H and O–H groups in total. The van der Waals surface area contributed by atoms with Gasteiger partial charge in [-0.2, -0.15) is 0 Å². The van der Waals surface area contributed by atoms with E-state index in [1.165, 1.54) is 0 Å². The Morgan fingerprint density at radius 1 is 1.14 bits per heavy atom. The summed E-state index contributed by atoms with van der Waals surface area (Å²) in [4.78, 5) is 0. The summed E-state index contributed by atoms with van der Waals surface area (Å²) in [5, 5.41) is 3.37. The van der Waals surface area contributed by atoms with Gasteiger partial charge in [-0.1, -0.05) is 12.1 Å². The van der Waals surface area contributed by atoms with Crippen molar-refractivity contribution in [1.29, 1.82) is 0 Å². The molecule has 0 saturated heterocycles. The molecule has 0 aliphatic heterocycles. The van der Waals surface area contributed by atoms with E-state index in [9.17, 15) is 0 Å². The third-order valence-electron chi connectivity index (χ3n) is 3.00. The fraction of sp³-hybridized carbons (Fsp3) is 0.556. The summed E-state index contributed by atoms with van der Waals surface area (Å²) in [6, 6.07) is 5.93. The van der Waals surface area contributed by atoms with E-state index in [4.69, 9.17) is 14.2 Å². The molecule has 4 nitrogen and oxygen atoms in total. The van der Waals surface area contributed by atoms with E-state index in [0.717, 1.165) is 30.0 Å². The number of benzene rings is 1. The van der Waals surface area contributed by atoms with E-state index >= 15 is 0 Å². The molecule has 0 heterocycles. The van der Waals surface area contributed by atoms with Crippen LogP contribution < -0.4 is 14.8 Å². The standard InChI is InChI=1S/C18H29NO3/c1-6-7-15-8-9-16(17(14-15)20-5)22-13-12-21-11-10-19-18(2,3)4/h6,8-9,14,19H,1,7,10-13H2,2-5H3. The first-order valence-corrected chi connectivity index (χ1v) is 7.69. The average Bonchev–Trinajstić information content (AvgIpc) is 2.46. The highest BCUT2D eigenvalue weighted by Crippen LogP contribution is 2.28. The molecule has 0 unspecified atom stereocenters. The third kappa shape index (κ3) is 7.48. The molecule has 1 rings (SSSR count). The van der Waals surface area contributed by atoms with Crippen molar-refractivity contribution in [2.75, 3.05) is 33.5 Å². The van der Waals surface area contributed by atoms with Crippen LogP contribution in [0.2, 0.25) is 0 Å². The normalized spacial score (nSPS) is 11.3. The first-order valence-electron chi connectivity index (χ1n) is 7.69. The molecule has 0 bridgehead atoms. The number of methoxy groups -OCH3 is 1. The maximum absolute atomic E-state index is 5.71. The summed E-state index contributed by atoms with van der Waals surface area (Å²) in [6.45, 7) is 12.7. The van der Waals surface area contributed by atoms with Gasteiger partial charge in [0.15, 0.2) is 11.5 Å². The number of hydrogen-bond donors (Lipinski definition) is 1. The zero-order chi connectivity index (χ0) is 16.4. The van der Waals surface area contributed by atoms with Crippen molar-refractivity contribution < 1.29 is 14.2 Å². The number of hydrogen-bond acceptors (Lipinski definition) is 4. The molecule has 0 radical (unpaired) electrons. The highest BCUT2D eigenvalue weighted by Gasteiger charge is 2.07. The van der Waals surface area contributed by atoms with Crippen molar-refractivity contribution in [3.8, 4) is 11.5 Å². The maximum Gasteiger partial charge on any atom is 0.161 e. The molecule has 0 saturated carbocycles. The topological polar surface area (TPSA) is 39.7 Å². The van der Waals surface area contributed by atoms with Crippen LogP contribution in [-0.2, 0) is 11.2 Å². The lowest BCUT2D eigenvalue weighted by molar-refractivity contribution is 0.0974. The molecule has 1 aromatic rings. The van der Waals surface area contributed by atoms with E-state index in [1.807, 2.05) is 24.3 Å². The summed E-state index contributed by atoms with van der Waals surface area (Å²) in [6.07, 6.45) is 2.69. The number of allylic oxidation sites excluding steroid dienone is 1. The van der Waals surface area contributed by atoms with Gasteiger partial charge in [0.1, 0.15) is 6.61 Å². The molecule has 0 atom stereocenters. The van der Waals surface area contributed by atoms with Crippen LogP contribution in [0.1, 0.15) is 26.3 Å². The molecular weight excluding hydrogens is 278 g/mol. The molecule has 124 valence electrons. The lowest BCUT2D eigenvalue weighted by atomic mass is 10.1. The zero-order valence-electron chi connectivity index (χ0n) is 14.3. The summed E-state index contributed by atoms with van der Waals surface area (Å²) in [5.74, 6) is 1.49. The number of rotatable bonds is 10. The summed E-state index contributed by atoms with van der Waals surface area (Å²) in [7, 11) is 1.65. The average molecular weight is 307 g/mol. The molecule has 0 aliphatic rings. The quantitative estimate of drug-likeness (QED) is 0.532. The minimum absolute atomic E-state index is 0.125. The first kappa shape index (κ1) is 18.5. The fourth-order valence-electron chi connectivity index (χ4n) is 1.94. The van der Waals surface area contributed by atoms with E-state index < -0.39 is 0 Å². The second-order valence-corrected chi connectivity index (χ2v) is 6.12. The Kier molecular flexibility index (Phi) is 7.99. The summed E-state index contributed by atoms with van der Waals surface area (Å²) >= 11 is 0. The first-order chi connectivity index (χ1) is 10.5. The van der Waals surface area contributed by atoms with Gasteiger partial charge in [0.25, 0.3) is 0 Å². The molecule has 0 aliphatic carbocycles. The predicted molar refractivity (Wildman–Crippen MR) is 91.0 cm³/mol. The van der Waals surface area contributed by atoms with Crippen LogP contribution in [0.4, 0.5) is 0 Å². The van der Waals surface area contributed by atoms with E-state index in [1.54, 1.807) is 7.11 Å². The van der Waals surface area contributed by atoms with Crippen molar-refractivity contribution in [3.05, 3.63) is 36.4 Å². The van der Waals surface area contributed by atoms with Crippen molar-refractivity contribution in [1.82, 2.24) is 5.32 Å². The maximum atomic E-state index is 5.71. The summed E-state index contributed by atoms with van der Waals surface area (Å²) < 4.78 is 16.6. The van der Waals surface area contributed by atoms with Crippen LogP contribution >= 0.6 is 0 Å². The SMILES string of the molecule is C=CCc1ccc(OCCOCCNC(C)(C)C)c(OC)c1. The van der Waals surface area contributed by atoms with Gasteiger partial charge in [0.2, 0.25) is 0 Å². The third-order valence-corrected chi connectivity index (χ3v) is 3.00. The predicted octanol–water partition coefficient (Wildman–Crippen LogP) is 3.21. The Labute approximate surface area is 134 Å². The molecule has 0 amide bonds. The Bertz CT molecular complexity index is 452. The van der Waals surface area contributed by atoms with Crippen LogP contribution in [0.3, 0.4) is 0 Å². The van der Waals surface area contributed by atoms with E-state index in [0.29, 0.717) is 19.8 Å². The lowest BCUT2D eigenvalue weighted by Crippen LogP contribution is -2.38. The van der Waals surface area contributed by atoms with Crippen LogP contribution in [0.5, 0.6) is 11.5 Å². The van der Waals surface area contributed by atoms with Gasteiger partial charge < -0.3 is 19.5 Å². The molecular formula is C18H29NO3. The Morgan fingerprint density at radius 3 is 2.55 bits per heavy atom. The lowest BCUT2D eigenvalue weighted by Gasteiger charge is -2.20. The Morgan fingerprint density at radius 2 is 1.91 bits per heavy atom. The second-order valence-electron chi connectivity index (χ2n) is 6.12. The molecule has 0 fully saturated rings.